The van der Waals surface area contributed by atoms with Crippen molar-refractivity contribution in [3.8, 4) is 6.07 Å². The summed E-state index contributed by atoms with van der Waals surface area (Å²) in [7, 11) is 0. The zero-order chi connectivity index (χ0) is 11.3. The highest BCUT2D eigenvalue weighted by Gasteiger charge is 2.11. The van der Waals surface area contributed by atoms with Gasteiger partial charge >= 0.3 is 0 Å². The van der Waals surface area contributed by atoms with Gasteiger partial charge in [-0.15, -0.1) is 0 Å². The van der Waals surface area contributed by atoms with Crippen molar-refractivity contribution in [3.63, 3.8) is 0 Å². The van der Waals surface area contributed by atoms with Crippen LogP contribution in [0, 0.1) is 18.3 Å². The minimum atomic E-state index is -0.259. The summed E-state index contributed by atoms with van der Waals surface area (Å²) < 4.78 is 0. The summed E-state index contributed by atoms with van der Waals surface area (Å²) in [6, 6.07) is 1.82. The zero-order valence-corrected chi connectivity index (χ0v) is 8.95. The van der Waals surface area contributed by atoms with Gasteiger partial charge in [-0.25, -0.2) is 4.98 Å². The lowest BCUT2D eigenvalue weighted by molar-refractivity contribution is 0.0992. The molecule has 0 bridgehead atoms. The van der Waals surface area contributed by atoms with E-state index in [0.717, 1.165) is 18.5 Å². The first-order chi connectivity index (χ1) is 7.19. The molecule has 1 aromatic heterocycles. The second kappa shape index (κ2) is 5.20. The van der Waals surface area contributed by atoms with Crippen molar-refractivity contribution in [2.75, 3.05) is 0 Å². The number of hydrogen-bond donors (Lipinski definition) is 0. The molecule has 0 radical (unpaired) electrons. The molecule has 1 heterocycles. The van der Waals surface area contributed by atoms with Crippen molar-refractivity contribution in [2.24, 2.45) is 0 Å². The summed E-state index contributed by atoms with van der Waals surface area (Å²) in [6.45, 7) is 3.81. The van der Waals surface area contributed by atoms with Gasteiger partial charge in [-0.1, -0.05) is 13.3 Å². The number of ketones is 1. The van der Waals surface area contributed by atoms with E-state index < -0.39 is 0 Å². The van der Waals surface area contributed by atoms with Crippen LogP contribution in [0.5, 0.6) is 0 Å². The van der Waals surface area contributed by atoms with Gasteiger partial charge in [-0.3, -0.25) is 9.78 Å². The summed E-state index contributed by atoms with van der Waals surface area (Å²) in [6.07, 6.45) is 3.34. The molecule has 1 rings (SSSR count). The summed E-state index contributed by atoms with van der Waals surface area (Å²) in [5, 5.41) is 8.41. The zero-order valence-electron chi connectivity index (χ0n) is 8.95. The number of nitrogens with zero attached hydrogens (tertiary/aromatic N) is 3. The molecule has 0 N–H and O–H groups in total. The number of nitriles is 1. The largest absolute Gasteiger partial charge is 0.291 e. The minimum absolute atomic E-state index is 0.136. The second-order valence-corrected chi connectivity index (χ2v) is 3.30. The van der Waals surface area contributed by atoms with Crippen LogP contribution in [0.3, 0.4) is 0 Å². The van der Waals surface area contributed by atoms with Crippen molar-refractivity contribution in [2.45, 2.75) is 33.1 Å². The number of carbonyl (C=O) groups is 1. The molecular weight excluding hydrogens is 190 g/mol. The standard InChI is InChI=1S/C11H13N3O/c1-3-4-9-7-13-11(8(2)14-9)10(15)5-6-12/h7H,3-5H2,1-2H3. The smallest absolute Gasteiger partial charge is 0.197 e. The molecule has 1 aromatic rings. The fourth-order valence-electron chi connectivity index (χ4n) is 1.34. The Labute approximate surface area is 89.0 Å². The van der Waals surface area contributed by atoms with Gasteiger partial charge in [0.05, 0.1) is 17.5 Å². The van der Waals surface area contributed by atoms with Crippen molar-refractivity contribution >= 4 is 5.78 Å². The summed E-state index contributed by atoms with van der Waals surface area (Å²) in [4.78, 5) is 19.7. The summed E-state index contributed by atoms with van der Waals surface area (Å²) in [5.41, 5.74) is 1.82. The molecule has 0 saturated heterocycles. The highest BCUT2D eigenvalue weighted by molar-refractivity contribution is 5.96. The lowest BCUT2D eigenvalue weighted by Gasteiger charge is -2.03. The van der Waals surface area contributed by atoms with E-state index in [9.17, 15) is 4.79 Å². The topological polar surface area (TPSA) is 66.6 Å². The molecule has 0 spiro atoms. The molecule has 0 amide bonds. The average molecular weight is 203 g/mol. The van der Waals surface area contributed by atoms with E-state index in [-0.39, 0.29) is 12.2 Å². The molecule has 0 unspecified atom stereocenters. The van der Waals surface area contributed by atoms with Crippen molar-refractivity contribution in [1.82, 2.24) is 9.97 Å². The monoisotopic (exact) mass is 203 g/mol. The predicted octanol–water partition coefficient (Wildman–Crippen LogP) is 1.83. The van der Waals surface area contributed by atoms with E-state index in [1.807, 2.05) is 6.07 Å². The summed E-state index contributed by atoms with van der Waals surface area (Å²) >= 11 is 0. The van der Waals surface area contributed by atoms with Gasteiger partial charge in [0.2, 0.25) is 0 Å². The minimum Gasteiger partial charge on any atom is -0.291 e. The van der Waals surface area contributed by atoms with Crippen LogP contribution < -0.4 is 0 Å². The molecular formula is C11H13N3O. The van der Waals surface area contributed by atoms with Crippen LogP contribution in [0.2, 0.25) is 0 Å². The molecule has 0 aromatic carbocycles. The second-order valence-electron chi connectivity index (χ2n) is 3.30. The first-order valence-electron chi connectivity index (χ1n) is 4.91. The van der Waals surface area contributed by atoms with Crippen molar-refractivity contribution in [1.29, 1.82) is 5.26 Å². The fraction of sp³-hybridized carbons (Fsp3) is 0.455. The maximum absolute atomic E-state index is 11.4. The van der Waals surface area contributed by atoms with Crippen molar-refractivity contribution < 1.29 is 4.79 Å². The normalized spacial score (nSPS) is 9.67. The van der Waals surface area contributed by atoms with Crippen LogP contribution in [-0.2, 0) is 6.42 Å². The van der Waals surface area contributed by atoms with Gasteiger partial charge in [0.25, 0.3) is 0 Å². The fourth-order valence-corrected chi connectivity index (χ4v) is 1.34. The maximum Gasteiger partial charge on any atom is 0.197 e. The van der Waals surface area contributed by atoms with Crippen LogP contribution in [-0.4, -0.2) is 15.8 Å². The van der Waals surface area contributed by atoms with Gasteiger partial charge in [0.1, 0.15) is 12.1 Å². The summed E-state index contributed by atoms with van der Waals surface area (Å²) in [5.74, 6) is -0.259. The molecule has 4 heteroatoms. The third kappa shape index (κ3) is 2.84. The third-order valence-corrected chi connectivity index (χ3v) is 2.01. The quantitative estimate of drug-likeness (QED) is 0.700. The van der Waals surface area contributed by atoms with Gasteiger partial charge in [-0.05, 0) is 13.3 Å². The molecule has 0 aliphatic rings. The number of Topliss-reactive ketones (excluding diaryl/α,β-unsaturated/α-hetero) is 1. The Hall–Kier alpha value is -1.76. The Morgan fingerprint density at radius 3 is 2.87 bits per heavy atom. The van der Waals surface area contributed by atoms with Gasteiger partial charge in [-0.2, -0.15) is 5.26 Å². The van der Waals surface area contributed by atoms with Crippen LogP contribution in [0.1, 0.15) is 41.6 Å². The number of aryl methyl sites for hydroxylation is 2. The molecule has 15 heavy (non-hydrogen) atoms. The Morgan fingerprint density at radius 1 is 1.60 bits per heavy atom. The van der Waals surface area contributed by atoms with Crippen LogP contribution in [0.15, 0.2) is 6.20 Å². The molecule has 0 aliphatic heterocycles. The van der Waals surface area contributed by atoms with Crippen LogP contribution in [0.4, 0.5) is 0 Å². The van der Waals surface area contributed by atoms with Crippen LogP contribution in [0.25, 0.3) is 0 Å². The maximum atomic E-state index is 11.4. The number of carbonyl (C=O) groups excluding carboxylic acids is 1. The van der Waals surface area contributed by atoms with Gasteiger partial charge < -0.3 is 0 Å². The number of hydrogen-bond acceptors (Lipinski definition) is 4. The van der Waals surface area contributed by atoms with Gasteiger partial charge in [0.15, 0.2) is 5.78 Å². The van der Waals surface area contributed by atoms with E-state index >= 15 is 0 Å². The Balaban J connectivity index is 2.93. The number of aromatic nitrogens is 2. The first kappa shape index (κ1) is 11.3. The molecule has 0 atom stereocenters. The number of rotatable bonds is 4. The van der Waals surface area contributed by atoms with E-state index in [1.54, 1.807) is 13.1 Å². The lowest BCUT2D eigenvalue weighted by atomic mass is 10.1. The SMILES string of the molecule is CCCc1cnc(C(=O)CC#N)c(C)n1. The molecule has 78 valence electrons. The predicted molar refractivity (Wildman–Crippen MR) is 55.3 cm³/mol. The lowest BCUT2D eigenvalue weighted by Crippen LogP contribution is -2.07. The average Bonchev–Trinajstić information content (AvgIpc) is 2.18. The molecule has 0 saturated carbocycles. The van der Waals surface area contributed by atoms with E-state index in [2.05, 4.69) is 16.9 Å². The molecule has 0 fully saturated rings. The van der Waals surface area contributed by atoms with Crippen molar-refractivity contribution in [3.05, 3.63) is 23.3 Å². The Bertz CT molecular complexity index is 407. The van der Waals surface area contributed by atoms with Crippen LogP contribution >= 0.6 is 0 Å². The van der Waals surface area contributed by atoms with Gasteiger partial charge in [0, 0.05) is 6.20 Å². The first-order valence-corrected chi connectivity index (χ1v) is 4.91. The van der Waals surface area contributed by atoms with E-state index in [0.29, 0.717) is 11.4 Å². The Kier molecular flexibility index (Phi) is 3.92. The molecule has 4 nitrogen and oxygen atoms in total. The third-order valence-electron chi connectivity index (χ3n) is 2.01. The van der Waals surface area contributed by atoms with E-state index in [1.165, 1.54) is 0 Å². The highest BCUT2D eigenvalue weighted by Crippen LogP contribution is 2.07. The Morgan fingerprint density at radius 2 is 2.33 bits per heavy atom. The molecule has 0 aliphatic carbocycles. The van der Waals surface area contributed by atoms with E-state index in [4.69, 9.17) is 5.26 Å². The highest BCUT2D eigenvalue weighted by atomic mass is 16.1.